The third-order valence-electron chi connectivity index (χ3n) is 13.9. The van der Waals surface area contributed by atoms with Crippen LogP contribution in [0.2, 0.25) is 0 Å². The van der Waals surface area contributed by atoms with E-state index in [1.807, 2.05) is 0 Å². The Kier molecular flexibility index (Phi) is 10.7. The number of hydrogen-bond acceptors (Lipinski definition) is 2. The van der Waals surface area contributed by atoms with Crippen molar-refractivity contribution in [1.82, 2.24) is 5.32 Å². The van der Waals surface area contributed by atoms with Crippen LogP contribution in [0.1, 0.15) is 57.3 Å². The van der Waals surface area contributed by atoms with Gasteiger partial charge in [0.15, 0.2) is 0 Å². The molecule has 4 atom stereocenters. The molecule has 2 heteroatoms. The summed E-state index contributed by atoms with van der Waals surface area (Å²) < 4.78 is 0. The monoisotopic (exact) mass is 836 g/mol. The van der Waals surface area contributed by atoms with Gasteiger partial charge in [-0.3, -0.25) is 0 Å². The van der Waals surface area contributed by atoms with Crippen molar-refractivity contribution in [3.63, 3.8) is 0 Å². The minimum Gasteiger partial charge on any atom is -0.355 e. The number of rotatable bonds is 10. The van der Waals surface area contributed by atoms with Crippen LogP contribution in [0, 0.1) is 12.8 Å². The molecule has 3 aliphatic rings. The molecule has 2 N–H and O–H groups in total. The molecule has 4 unspecified atom stereocenters. The van der Waals surface area contributed by atoms with Crippen molar-refractivity contribution in [3.05, 3.63) is 287 Å². The number of hydrogen-bond donors (Lipinski definition) is 2. The Labute approximate surface area is 384 Å². The van der Waals surface area contributed by atoms with Gasteiger partial charge in [-0.2, -0.15) is 0 Å². The quantitative estimate of drug-likeness (QED) is 0.143. The summed E-state index contributed by atoms with van der Waals surface area (Å²) in [5.74, 6) is 0.514. The third-order valence-corrected chi connectivity index (χ3v) is 13.9. The Balaban J connectivity index is 0.946. The predicted molar refractivity (Wildman–Crippen MR) is 273 cm³/mol. The molecular weight excluding hydrogens is 785 g/mol. The second-order valence-electron chi connectivity index (χ2n) is 17.9. The highest BCUT2D eigenvalue weighted by atomic mass is 15.0. The zero-order valence-corrected chi connectivity index (χ0v) is 36.9. The average Bonchev–Trinajstić information content (AvgIpc) is 3.66. The minimum absolute atomic E-state index is 0.123. The maximum atomic E-state index is 4.09. The Morgan fingerprint density at radius 2 is 1.05 bits per heavy atom. The first-order chi connectivity index (χ1) is 32.0. The Hall–Kier alpha value is -7.52. The Morgan fingerprint density at radius 1 is 0.446 bits per heavy atom. The average molecular weight is 837 g/mol. The second-order valence-corrected chi connectivity index (χ2v) is 17.9. The molecule has 8 aromatic carbocycles. The number of allylic oxidation sites excluding steroid dienone is 4. The molecule has 2 nitrogen and oxygen atoms in total. The minimum atomic E-state index is -0.427. The van der Waals surface area contributed by atoms with Crippen LogP contribution < -0.4 is 10.6 Å². The fraction of sp³-hybridized carbons (Fsp3) is 0.111. The van der Waals surface area contributed by atoms with Crippen LogP contribution >= 0.6 is 0 Å². The number of anilines is 2. The number of fused-ring (bicyclic) bond motifs is 3. The van der Waals surface area contributed by atoms with Crippen molar-refractivity contribution >= 4 is 22.5 Å². The maximum Gasteiger partial charge on any atom is 0.0713 e. The summed E-state index contributed by atoms with van der Waals surface area (Å²) in [6, 6.07) is 75.8. The van der Waals surface area contributed by atoms with E-state index in [9.17, 15) is 0 Å². The van der Waals surface area contributed by atoms with E-state index in [-0.39, 0.29) is 18.0 Å². The van der Waals surface area contributed by atoms with Crippen molar-refractivity contribution in [1.29, 1.82) is 0 Å². The van der Waals surface area contributed by atoms with Gasteiger partial charge in [-0.05, 0) is 104 Å². The van der Waals surface area contributed by atoms with Crippen molar-refractivity contribution < 1.29 is 0 Å². The molecule has 0 saturated heterocycles. The van der Waals surface area contributed by atoms with E-state index in [1.165, 1.54) is 72.3 Å². The molecule has 0 aliphatic heterocycles. The summed E-state index contributed by atoms with van der Waals surface area (Å²) in [7, 11) is 0. The SMILES string of the molecule is Cc1ccc(C2=CC(NC3C=CC(c4ccc(Nc5ccc6c(c5)-c5ccccc5C6(c5ccccc5)c5ccccc5)c(-c5ccccc5)c4)=CC3c3ccccc3)C(C)C=C2)cc1. The highest BCUT2D eigenvalue weighted by Gasteiger charge is 2.46. The fourth-order valence-corrected chi connectivity index (χ4v) is 10.5. The molecule has 65 heavy (non-hydrogen) atoms. The van der Waals surface area contributed by atoms with E-state index >= 15 is 0 Å². The molecule has 0 bridgehead atoms. The standard InChI is InChI=1S/C63H52N2/c1-43-27-30-45(31-28-43)50-32-29-44(2)62(41-50)65-61-38-34-49(40-56(61)47-19-9-4-10-20-47)48-33-37-60(55(39-48)46-17-7-3-8-18-46)64-53-35-36-59-57(42-53)54-25-15-16-26-58(54)63(59,51-21-11-5-12-22-51)52-23-13-6-14-24-52/h3-42,44,56,61-62,64-65H,1-2H3. The topological polar surface area (TPSA) is 24.1 Å². The van der Waals surface area contributed by atoms with Crippen molar-refractivity contribution in [2.24, 2.45) is 5.92 Å². The van der Waals surface area contributed by atoms with Crippen LogP contribution in [0.5, 0.6) is 0 Å². The first-order valence-corrected chi connectivity index (χ1v) is 23.0. The van der Waals surface area contributed by atoms with Gasteiger partial charge >= 0.3 is 0 Å². The Bertz CT molecular complexity index is 3070. The molecule has 314 valence electrons. The van der Waals surface area contributed by atoms with E-state index in [0.29, 0.717) is 5.92 Å². The summed E-state index contributed by atoms with van der Waals surface area (Å²) in [5, 5.41) is 8.01. The van der Waals surface area contributed by atoms with Crippen molar-refractivity contribution in [3.8, 4) is 22.3 Å². The zero-order chi connectivity index (χ0) is 43.7. The number of aryl methyl sites for hydroxylation is 1. The lowest BCUT2D eigenvalue weighted by Gasteiger charge is -2.34. The lowest BCUT2D eigenvalue weighted by atomic mass is 9.68. The molecular formula is C63H52N2. The third kappa shape index (κ3) is 7.50. The summed E-state index contributed by atoms with van der Waals surface area (Å²) >= 11 is 0. The molecule has 0 spiro atoms. The van der Waals surface area contributed by atoms with Gasteiger partial charge in [0, 0.05) is 34.9 Å². The summed E-state index contributed by atoms with van der Waals surface area (Å²) in [5.41, 5.74) is 19.2. The smallest absolute Gasteiger partial charge is 0.0713 e. The zero-order valence-electron chi connectivity index (χ0n) is 36.9. The van der Waals surface area contributed by atoms with Crippen LogP contribution in [0.15, 0.2) is 243 Å². The number of nitrogens with one attached hydrogen (secondary N) is 2. The predicted octanol–water partition coefficient (Wildman–Crippen LogP) is 15.1. The molecule has 0 amide bonds. The Morgan fingerprint density at radius 3 is 1.77 bits per heavy atom. The van der Waals surface area contributed by atoms with Crippen molar-refractivity contribution in [2.45, 2.75) is 37.3 Å². The molecule has 0 fully saturated rings. The molecule has 8 aromatic rings. The normalized spacial score (nSPS) is 19.2. The maximum absolute atomic E-state index is 4.09. The summed E-state index contributed by atoms with van der Waals surface area (Å²) in [6.45, 7) is 4.46. The van der Waals surface area contributed by atoms with Gasteiger partial charge in [0.05, 0.1) is 5.41 Å². The van der Waals surface area contributed by atoms with E-state index < -0.39 is 5.41 Å². The van der Waals surface area contributed by atoms with Gasteiger partial charge in [0.2, 0.25) is 0 Å². The van der Waals surface area contributed by atoms with Crippen molar-refractivity contribution in [2.75, 3.05) is 5.32 Å². The molecule has 0 heterocycles. The second kappa shape index (κ2) is 17.2. The van der Waals surface area contributed by atoms with E-state index in [0.717, 1.165) is 16.9 Å². The molecule has 11 rings (SSSR count). The van der Waals surface area contributed by atoms with Crippen LogP contribution in [0.3, 0.4) is 0 Å². The van der Waals surface area contributed by atoms with Crippen LogP contribution in [0.25, 0.3) is 33.4 Å². The van der Waals surface area contributed by atoms with Crippen LogP contribution in [0.4, 0.5) is 11.4 Å². The first kappa shape index (κ1) is 40.3. The van der Waals surface area contributed by atoms with Gasteiger partial charge in [0.1, 0.15) is 0 Å². The van der Waals surface area contributed by atoms with E-state index in [2.05, 4.69) is 267 Å². The highest BCUT2D eigenvalue weighted by Crippen LogP contribution is 2.56. The summed E-state index contributed by atoms with van der Waals surface area (Å²) in [4.78, 5) is 0. The highest BCUT2D eigenvalue weighted by molar-refractivity contribution is 5.91. The lowest BCUT2D eigenvalue weighted by molar-refractivity contribution is 0.439. The van der Waals surface area contributed by atoms with Gasteiger partial charge in [0.25, 0.3) is 0 Å². The van der Waals surface area contributed by atoms with Crippen LogP contribution in [-0.4, -0.2) is 12.1 Å². The lowest BCUT2D eigenvalue weighted by Crippen LogP contribution is -2.43. The van der Waals surface area contributed by atoms with E-state index in [4.69, 9.17) is 0 Å². The van der Waals surface area contributed by atoms with Gasteiger partial charge in [-0.15, -0.1) is 0 Å². The first-order valence-electron chi connectivity index (χ1n) is 23.0. The fourth-order valence-electron chi connectivity index (χ4n) is 10.5. The largest absolute Gasteiger partial charge is 0.355 e. The molecule has 0 saturated carbocycles. The van der Waals surface area contributed by atoms with Crippen LogP contribution in [-0.2, 0) is 5.41 Å². The number of benzene rings is 8. The van der Waals surface area contributed by atoms with Gasteiger partial charge < -0.3 is 10.6 Å². The van der Waals surface area contributed by atoms with Gasteiger partial charge in [-0.1, -0.05) is 231 Å². The van der Waals surface area contributed by atoms with Gasteiger partial charge in [-0.25, -0.2) is 0 Å². The molecule has 0 aromatic heterocycles. The molecule has 3 aliphatic carbocycles. The molecule has 0 radical (unpaired) electrons. The van der Waals surface area contributed by atoms with E-state index in [1.54, 1.807) is 0 Å². The summed E-state index contributed by atoms with van der Waals surface area (Å²) in [6.07, 6.45) is 14.2.